The van der Waals surface area contributed by atoms with E-state index in [0.29, 0.717) is 31.6 Å². The number of alkyl halides is 2. The van der Waals surface area contributed by atoms with Crippen LogP contribution in [-0.2, 0) is 6.42 Å². The van der Waals surface area contributed by atoms with E-state index in [9.17, 15) is 18.4 Å². The molecule has 1 aliphatic heterocycles. The first kappa shape index (κ1) is 18.6. The second-order valence-corrected chi connectivity index (χ2v) is 5.96. The molecular formula is C19H19F2N3O3. The van der Waals surface area contributed by atoms with Crippen molar-refractivity contribution in [2.24, 2.45) is 0 Å². The van der Waals surface area contributed by atoms with Gasteiger partial charge in [-0.15, -0.1) is 0 Å². The first-order valence-electron chi connectivity index (χ1n) is 8.50. The topological polar surface area (TPSA) is 70.7 Å². The number of urea groups is 1. The van der Waals surface area contributed by atoms with E-state index < -0.39 is 6.61 Å². The van der Waals surface area contributed by atoms with E-state index in [-0.39, 0.29) is 17.7 Å². The molecule has 3 amide bonds. The van der Waals surface area contributed by atoms with Crippen LogP contribution in [0.5, 0.6) is 5.75 Å². The number of amides is 3. The molecule has 0 atom stereocenters. The fraction of sp³-hybridized carbons (Fsp3) is 0.263. The standard InChI is InChI=1S/C19H19F2N3O3/c20-18(21)27-16-7-1-13(2-8-16)9-10-22-17(25)14-3-5-15(6-4-14)24-12-11-23-19(24)26/h1-8,18H,9-12H2,(H,22,25)(H,23,26). The summed E-state index contributed by atoms with van der Waals surface area (Å²) >= 11 is 0. The Morgan fingerprint density at radius 2 is 1.85 bits per heavy atom. The van der Waals surface area contributed by atoms with E-state index >= 15 is 0 Å². The van der Waals surface area contributed by atoms with Crippen LogP contribution in [0.4, 0.5) is 19.3 Å². The van der Waals surface area contributed by atoms with E-state index in [1.807, 2.05) is 0 Å². The molecule has 0 spiro atoms. The molecule has 1 heterocycles. The molecule has 27 heavy (non-hydrogen) atoms. The summed E-state index contributed by atoms with van der Waals surface area (Å²) in [5.74, 6) is -0.116. The number of hydrogen-bond donors (Lipinski definition) is 2. The molecule has 2 N–H and O–H groups in total. The summed E-state index contributed by atoms with van der Waals surface area (Å²) in [7, 11) is 0. The van der Waals surface area contributed by atoms with Gasteiger partial charge in [-0.3, -0.25) is 9.69 Å². The third-order valence-electron chi connectivity index (χ3n) is 4.15. The van der Waals surface area contributed by atoms with E-state index in [4.69, 9.17) is 0 Å². The van der Waals surface area contributed by atoms with Crippen molar-refractivity contribution in [2.45, 2.75) is 13.0 Å². The molecule has 0 radical (unpaired) electrons. The number of halogens is 2. The largest absolute Gasteiger partial charge is 0.435 e. The lowest BCUT2D eigenvalue weighted by molar-refractivity contribution is -0.0498. The molecule has 3 rings (SSSR count). The predicted molar refractivity (Wildman–Crippen MR) is 96.3 cm³/mol. The zero-order valence-electron chi connectivity index (χ0n) is 14.5. The zero-order chi connectivity index (χ0) is 19.2. The number of benzene rings is 2. The molecule has 2 aromatic rings. The Labute approximate surface area is 155 Å². The number of carbonyl (C=O) groups excluding carboxylic acids is 2. The fourth-order valence-corrected chi connectivity index (χ4v) is 2.77. The average molecular weight is 375 g/mol. The van der Waals surface area contributed by atoms with Crippen LogP contribution >= 0.6 is 0 Å². The third kappa shape index (κ3) is 4.93. The summed E-state index contributed by atoms with van der Waals surface area (Å²) in [5.41, 5.74) is 2.14. The SMILES string of the molecule is O=C(NCCc1ccc(OC(F)F)cc1)c1ccc(N2CCNC2=O)cc1. The zero-order valence-corrected chi connectivity index (χ0v) is 14.5. The molecule has 1 saturated heterocycles. The molecular weight excluding hydrogens is 356 g/mol. The Morgan fingerprint density at radius 1 is 1.15 bits per heavy atom. The normalized spacial score (nSPS) is 13.6. The molecule has 0 unspecified atom stereocenters. The Bertz CT molecular complexity index is 795. The van der Waals surface area contributed by atoms with Crippen LogP contribution in [0.25, 0.3) is 0 Å². The fourth-order valence-electron chi connectivity index (χ4n) is 2.77. The maximum Gasteiger partial charge on any atom is 0.387 e. The number of hydrogen-bond acceptors (Lipinski definition) is 3. The Morgan fingerprint density at radius 3 is 2.44 bits per heavy atom. The van der Waals surface area contributed by atoms with Crippen LogP contribution in [0, 0.1) is 0 Å². The molecule has 142 valence electrons. The molecule has 2 aromatic carbocycles. The van der Waals surface area contributed by atoms with Gasteiger partial charge in [0.25, 0.3) is 5.91 Å². The van der Waals surface area contributed by atoms with Crippen LogP contribution < -0.4 is 20.3 Å². The first-order valence-corrected chi connectivity index (χ1v) is 8.50. The highest BCUT2D eigenvalue weighted by Gasteiger charge is 2.21. The van der Waals surface area contributed by atoms with Gasteiger partial charge in [-0.25, -0.2) is 4.79 Å². The lowest BCUT2D eigenvalue weighted by Crippen LogP contribution is -2.28. The number of anilines is 1. The minimum atomic E-state index is -2.85. The van der Waals surface area contributed by atoms with E-state index in [0.717, 1.165) is 11.3 Å². The van der Waals surface area contributed by atoms with Crippen molar-refractivity contribution >= 4 is 17.6 Å². The Hall–Kier alpha value is -3.16. The highest BCUT2D eigenvalue weighted by molar-refractivity contribution is 5.97. The first-order chi connectivity index (χ1) is 13.0. The molecule has 1 aliphatic rings. The van der Waals surface area contributed by atoms with Gasteiger partial charge in [-0.05, 0) is 48.4 Å². The van der Waals surface area contributed by atoms with Crippen LogP contribution in [0.1, 0.15) is 15.9 Å². The monoisotopic (exact) mass is 375 g/mol. The van der Waals surface area contributed by atoms with Crippen LogP contribution in [0.15, 0.2) is 48.5 Å². The van der Waals surface area contributed by atoms with Crippen molar-refractivity contribution in [1.29, 1.82) is 0 Å². The Balaban J connectivity index is 1.48. The molecule has 0 saturated carbocycles. The second-order valence-electron chi connectivity index (χ2n) is 5.96. The highest BCUT2D eigenvalue weighted by atomic mass is 19.3. The summed E-state index contributed by atoms with van der Waals surface area (Å²) in [4.78, 5) is 25.4. The number of carbonyl (C=O) groups is 2. The number of nitrogens with zero attached hydrogens (tertiary/aromatic N) is 1. The quantitative estimate of drug-likeness (QED) is 0.782. The summed E-state index contributed by atoms with van der Waals surface area (Å²) in [6.45, 7) is -1.23. The van der Waals surface area contributed by atoms with Crippen LogP contribution in [0.2, 0.25) is 0 Å². The minimum absolute atomic E-state index is 0.101. The van der Waals surface area contributed by atoms with Gasteiger partial charge in [0, 0.05) is 30.9 Å². The van der Waals surface area contributed by atoms with Gasteiger partial charge in [0.05, 0.1) is 0 Å². The molecule has 0 aliphatic carbocycles. The van der Waals surface area contributed by atoms with Crippen molar-refractivity contribution in [3.05, 3.63) is 59.7 Å². The predicted octanol–water partition coefficient (Wildman–Crippen LogP) is 2.79. The average Bonchev–Trinajstić information content (AvgIpc) is 3.09. The van der Waals surface area contributed by atoms with Crippen LogP contribution in [-0.4, -0.2) is 38.2 Å². The summed E-state index contributed by atoms with van der Waals surface area (Å²) in [6, 6.07) is 13.0. The number of rotatable bonds is 7. The van der Waals surface area contributed by atoms with Gasteiger partial charge < -0.3 is 15.4 Å². The lowest BCUT2D eigenvalue weighted by atomic mass is 10.1. The summed E-state index contributed by atoms with van der Waals surface area (Å²) in [5, 5.41) is 5.53. The van der Waals surface area contributed by atoms with Crippen molar-refractivity contribution < 1.29 is 23.1 Å². The maximum absolute atomic E-state index is 12.2. The van der Waals surface area contributed by atoms with E-state index in [1.54, 1.807) is 41.3 Å². The summed E-state index contributed by atoms with van der Waals surface area (Å²) < 4.78 is 28.5. The minimum Gasteiger partial charge on any atom is -0.435 e. The van der Waals surface area contributed by atoms with Gasteiger partial charge in [0.15, 0.2) is 0 Å². The van der Waals surface area contributed by atoms with E-state index in [2.05, 4.69) is 15.4 Å². The molecule has 0 aromatic heterocycles. The van der Waals surface area contributed by atoms with Crippen molar-refractivity contribution in [3.63, 3.8) is 0 Å². The van der Waals surface area contributed by atoms with Crippen molar-refractivity contribution in [3.8, 4) is 5.75 Å². The second kappa shape index (κ2) is 8.48. The number of ether oxygens (including phenoxy) is 1. The summed E-state index contributed by atoms with van der Waals surface area (Å²) in [6.07, 6.45) is 0.562. The lowest BCUT2D eigenvalue weighted by Gasteiger charge is -2.14. The molecule has 1 fully saturated rings. The molecule has 0 bridgehead atoms. The van der Waals surface area contributed by atoms with Crippen molar-refractivity contribution in [2.75, 3.05) is 24.5 Å². The molecule has 6 nitrogen and oxygen atoms in total. The third-order valence-corrected chi connectivity index (χ3v) is 4.15. The number of nitrogens with one attached hydrogen (secondary N) is 2. The van der Waals surface area contributed by atoms with Gasteiger partial charge in [-0.1, -0.05) is 12.1 Å². The van der Waals surface area contributed by atoms with Gasteiger partial charge in [0.1, 0.15) is 5.75 Å². The smallest absolute Gasteiger partial charge is 0.387 e. The van der Waals surface area contributed by atoms with E-state index in [1.165, 1.54) is 12.1 Å². The van der Waals surface area contributed by atoms with Gasteiger partial charge in [0.2, 0.25) is 0 Å². The Kier molecular flexibility index (Phi) is 5.85. The van der Waals surface area contributed by atoms with Gasteiger partial charge >= 0.3 is 12.6 Å². The van der Waals surface area contributed by atoms with Crippen LogP contribution in [0.3, 0.4) is 0 Å². The van der Waals surface area contributed by atoms with Crippen molar-refractivity contribution in [1.82, 2.24) is 10.6 Å². The highest BCUT2D eigenvalue weighted by Crippen LogP contribution is 2.17. The maximum atomic E-state index is 12.2. The van der Waals surface area contributed by atoms with Gasteiger partial charge in [-0.2, -0.15) is 8.78 Å². The molecule has 8 heteroatoms.